The van der Waals surface area contributed by atoms with Gasteiger partial charge in [0.25, 0.3) is 0 Å². The molecule has 3 aromatic rings. The standard InChI is InChI=1S/C15H12ClFN2OS/c1-20-15-7-11(18-8-19-15)6-12(16)14-4-9-2-3-10(17)5-13(9)21-14/h2-5,7-8,12H,6H2,1H3. The van der Waals surface area contributed by atoms with Crippen LogP contribution in [0.5, 0.6) is 5.88 Å². The van der Waals surface area contributed by atoms with E-state index in [9.17, 15) is 4.39 Å². The molecule has 2 aromatic heterocycles. The van der Waals surface area contributed by atoms with Crippen LogP contribution in [0.15, 0.2) is 36.7 Å². The lowest BCUT2D eigenvalue weighted by Crippen LogP contribution is -1.98. The van der Waals surface area contributed by atoms with Crippen molar-refractivity contribution in [2.75, 3.05) is 7.11 Å². The smallest absolute Gasteiger partial charge is 0.216 e. The largest absolute Gasteiger partial charge is 0.481 e. The van der Waals surface area contributed by atoms with Gasteiger partial charge in [-0.3, -0.25) is 0 Å². The SMILES string of the molecule is COc1cc(CC(Cl)c2cc3ccc(F)cc3s2)ncn1. The molecule has 6 heteroatoms. The highest BCUT2D eigenvalue weighted by Gasteiger charge is 2.14. The van der Waals surface area contributed by atoms with Crippen molar-refractivity contribution < 1.29 is 9.13 Å². The average Bonchev–Trinajstić information content (AvgIpc) is 2.90. The number of benzene rings is 1. The van der Waals surface area contributed by atoms with Gasteiger partial charge in [0.2, 0.25) is 5.88 Å². The van der Waals surface area contributed by atoms with Crippen molar-refractivity contribution in [2.24, 2.45) is 0 Å². The second-order valence-corrected chi connectivity index (χ2v) is 6.20. The second-order valence-electron chi connectivity index (χ2n) is 4.55. The summed E-state index contributed by atoms with van der Waals surface area (Å²) in [6.45, 7) is 0. The molecular formula is C15H12ClFN2OS. The summed E-state index contributed by atoms with van der Waals surface area (Å²) in [5, 5.41) is 0.785. The topological polar surface area (TPSA) is 35.0 Å². The van der Waals surface area contributed by atoms with Gasteiger partial charge in [0.1, 0.15) is 12.1 Å². The minimum Gasteiger partial charge on any atom is -0.481 e. The maximum Gasteiger partial charge on any atom is 0.216 e. The summed E-state index contributed by atoms with van der Waals surface area (Å²) in [5.41, 5.74) is 0.811. The summed E-state index contributed by atoms with van der Waals surface area (Å²) in [4.78, 5) is 9.15. The van der Waals surface area contributed by atoms with Crippen molar-refractivity contribution in [1.29, 1.82) is 0 Å². The molecule has 0 N–H and O–H groups in total. The fourth-order valence-electron chi connectivity index (χ4n) is 2.06. The van der Waals surface area contributed by atoms with Crippen LogP contribution in [-0.2, 0) is 6.42 Å². The van der Waals surface area contributed by atoms with Gasteiger partial charge in [0.05, 0.1) is 12.5 Å². The molecule has 3 rings (SSSR count). The zero-order valence-corrected chi connectivity index (χ0v) is 12.8. The molecule has 1 unspecified atom stereocenters. The van der Waals surface area contributed by atoms with Gasteiger partial charge < -0.3 is 4.74 Å². The van der Waals surface area contributed by atoms with Gasteiger partial charge in [0, 0.05) is 27.8 Å². The van der Waals surface area contributed by atoms with Crippen LogP contribution >= 0.6 is 22.9 Å². The number of aromatic nitrogens is 2. The number of hydrogen-bond acceptors (Lipinski definition) is 4. The number of ether oxygens (including phenoxy) is 1. The summed E-state index contributed by atoms with van der Waals surface area (Å²) < 4.78 is 19.2. The van der Waals surface area contributed by atoms with E-state index < -0.39 is 0 Å². The Morgan fingerprint density at radius 2 is 2.14 bits per heavy atom. The van der Waals surface area contributed by atoms with Gasteiger partial charge in [-0.25, -0.2) is 14.4 Å². The molecular weight excluding hydrogens is 311 g/mol. The van der Waals surface area contributed by atoms with Gasteiger partial charge in [-0.2, -0.15) is 0 Å². The van der Waals surface area contributed by atoms with Crippen LogP contribution in [0.25, 0.3) is 10.1 Å². The molecule has 0 fully saturated rings. The highest BCUT2D eigenvalue weighted by molar-refractivity contribution is 7.19. The number of fused-ring (bicyclic) bond motifs is 1. The zero-order valence-electron chi connectivity index (χ0n) is 11.2. The summed E-state index contributed by atoms with van der Waals surface area (Å²) in [6.07, 6.45) is 2.02. The molecule has 0 radical (unpaired) electrons. The quantitative estimate of drug-likeness (QED) is 0.669. The van der Waals surface area contributed by atoms with E-state index in [4.69, 9.17) is 16.3 Å². The molecule has 0 aliphatic heterocycles. The van der Waals surface area contributed by atoms with E-state index in [0.717, 1.165) is 20.7 Å². The normalized spacial score (nSPS) is 12.5. The zero-order chi connectivity index (χ0) is 14.8. The predicted octanol–water partition coefficient (Wildman–Crippen LogP) is 4.36. The van der Waals surface area contributed by atoms with Crippen molar-refractivity contribution >= 4 is 33.0 Å². The molecule has 0 spiro atoms. The van der Waals surface area contributed by atoms with Gasteiger partial charge >= 0.3 is 0 Å². The second kappa shape index (κ2) is 5.95. The van der Waals surface area contributed by atoms with Crippen LogP contribution in [0.4, 0.5) is 4.39 Å². The van der Waals surface area contributed by atoms with E-state index in [2.05, 4.69) is 9.97 Å². The number of alkyl halides is 1. The Kier molecular flexibility index (Phi) is 4.03. The molecule has 0 aliphatic rings. The third-order valence-electron chi connectivity index (χ3n) is 3.11. The molecule has 0 amide bonds. The number of nitrogens with zero attached hydrogens (tertiary/aromatic N) is 2. The monoisotopic (exact) mass is 322 g/mol. The summed E-state index contributed by atoms with van der Waals surface area (Å²) in [6, 6.07) is 8.51. The summed E-state index contributed by atoms with van der Waals surface area (Å²) in [5.74, 6) is 0.282. The first kappa shape index (κ1) is 14.2. The molecule has 3 nitrogen and oxygen atoms in total. The van der Waals surface area contributed by atoms with Gasteiger partial charge in [-0.15, -0.1) is 22.9 Å². The summed E-state index contributed by atoms with van der Waals surface area (Å²) >= 11 is 7.97. The Morgan fingerprint density at radius 1 is 1.29 bits per heavy atom. The maximum atomic E-state index is 13.2. The van der Waals surface area contributed by atoms with Gasteiger partial charge in [0.15, 0.2) is 0 Å². The highest BCUT2D eigenvalue weighted by Crippen LogP contribution is 2.35. The molecule has 1 aromatic carbocycles. The lowest BCUT2D eigenvalue weighted by molar-refractivity contribution is 0.396. The fraction of sp³-hybridized carbons (Fsp3) is 0.200. The van der Waals surface area contributed by atoms with E-state index in [0.29, 0.717) is 12.3 Å². The molecule has 1 atom stereocenters. The number of rotatable bonds is 4. The van der Waals surface area contributed by atoms with Crippen molar-refractivity contribution in [3.05, 3.63) is 53.0 Å². The van der Waals surface area contributed by atoms with Crippen LogP contribution < -0.4 is 4.74 Å². The number of hydrogen-bond donors (Lipinski definition) is 0. The Balaban J connectivity index is 1.84. The summed E-state index contributed by atoms with van der Waals surface area (Å²) in [7, 11) is 1.56. The van der Waals surface area contributed by atoms with E-state index >= 15 is 0 Å². The van der Waals surface area contributed by atoms with Crippen molar-refractivity contribution in [3.8, 4) is 5.88 Å². The van der Waals surface area contributed by atoms with E-state index in [1.807, 2.05) is 6.07 Å². The van der Waals surface area contributed by atoms with Gasteiger partial charge in [-0.05, 0) is 23.6 Å². The Morgan fingerprint density at radius 3 is 2.95 bits per heavy atom. The van der Waals surface area contributed by atoms with Crippen LogP contribution in [0.2, 0.25) is 0 Å². The molecule has 0 bridgehead atoms. The van der Waals surface area contributed by atoms with Crippen LogP contribution in [-0.4, -0.2) is 17.1 Å². The first-order valence-electron chi connectivity index (χ1n) is 6.33. The molecule has 21 heavy (non-hydrogen) atoms. The molecule has 0 saturated carbocycles. The number of methoxy groups -OCH3 is 1. The predicted molar refractivity (Wildman–Crippen MR) is 82.7 cm³/mol. The molecule has 0 saturated heterocycles. The third-order valence-corrected chi connectivity index (χ3v) is 4.84. The minimum absolute atomic E-state index is 0.218. The first-order chi connectivity index (χ1) is 10.2. The highest BCUT2D eigenvalue weighted by atomic mass is 35.5. The van der Waals surface area contributed by atoms with E-state index in [1.165, 1.54) is 29.8 Å². The van der Waals surface area contributed by atoms with Crippen LogP contribution in [0.3, 0.4) is 0 Å². The van der Waals surface area contributed by atoms with E-state index in [1.54, 1.807) is 19.2 Å². The fourth-order valence-corrected chi connectivity index (χ4v) is 3.49. The Labute approximate surface area is 130 Å². The minimum atomic E-state index is -0.234. The maximum absolute atomic E-state index is 13.2. The van der Waals surface area contributed by atoms with Gasteiger partial charge in [-0.1, -0.05) is 6.07 Å². The van der Waals surface area contributed by atoms with E-state index in [-0.39, 0.29) is 11.2 Å². The van der Waals surface area contributed by atoms with Crippen LogP contribution in [0.1, 0.15) is 15.9 Å². The Hall–Kier alpha value is -1.72. The molecule has 0 aliphatic carbocycles. The lowest BCUT2D eigenvalue weighted by atomic mass is 10.2. The van der Waals surface area contributed by atoms with Crippen molar-refractivity contribution in [1.82, 2.24) is 9.97 Å². The molecule has 2 heterocycles. The number of halogens is 2. The first-order valence-corrected chi connectivity index (χ1v) is 7.59. The van der Waals surface area contributed by atoms with Crippen LogP contribution in [0, 0.1) is 5.82 Å². The number of thiophene rings is 1. The molecule has 108 valence electrons. The van der Waals surface area contributed by atoms with Crippen molar-refractivity contribution in [2.45, 2.75) is 11.8 Å². The average molecular weight is 323 g/mol. The third kappa shape index (κ3) is 3.14. The lowest BCUT2D eigenvalue weighted by Gasteiger charge is -2.07. The van der Waals surface area contributed by atoms with Crippen molar-refractivity contribution in [3.63, 3.8) is 0 Å². The Bertz CT molecular complexity index is 777.